The second-order valence-electron chi connectivity index (χ2n) is 4.53. The molecule has 0 radical (unpaired) electrons. The summed E-state index contributed by atoms with van der Waals surface area (Å²) in [5, 5.41) is 0. The largest absolute Gasteiger partial charge is 0.357 e. The second-order valence-corrected chi connectivity index (χ2v) is 4.53. The maximum Gasteiger partial charge on any atom is 0.128 e. The number of rotatable bonds is 2. The van der Waals surface area contributed by atoms with E-state index in [2.05, 4.69) is 35.9 Å². The molecule has 1 aliphatic rings. The first-order valence-electron chi connectivity index (χ1n) is 5.97. The molecular formula is C13H20N2. The standard InChI is InChI=1S/C13H20N2/c1-3-12-6-8-15(9-7-12)13-5-4-11(2)10-14-13/h4-5,10,12H,3,6-9H2,1-2H3. The lowest BCUT2D eigenvalue weighted by molar-refractivity contribution is 0.394. The van der Waals surface area contributed by atoms with E-state index in [1.54, 1.807) is 0 Å². The second kappa shape index (κ2) is 4.65. The van der Waals surface area contributed by atoms with E-state index < -0.39 is 0 Å². The summed E-state index contributed by atoms with van der Waals surface area (Å²) in [5.41, 5.74) is 1.24. The van der Waals surface area contributed by atoms with Gasteiger partial charge < -0.3 is 4.90 Å². The molecule has 0 saturated carbocycles. The zero-order valence-electron chi connectivity index (χ0n) is 9.74. The molecule has 15 heavy (non-hydrogen) atoms. The first-order valence-corrected chi connectivity index (χ1v) is 5.97. The third-order valence-electron chi connectivity index (χ3n) is 3.41. The van der Waals surface area contributed by atoms with Gasteiger partial charge in [-0.05, 0) is 37.3 Å². The Morgan fingerprint density at radius 3 is 2.60 bits per heavy atom. The molecule has 0 aliphatic carbocycles. The monoisotopic (exact) mass is 204 g/mol. The maximum absolute atomic E-state index is 4.48. The number of aryl methyl sites for hydroxylation is 1. The van der Waals surface area contributed by atoms with E-state index in [0.29, 0.717) is 0 Å². The molecule has 2 rings (SSSR count). The molecule has 1 aliphatic heterocycles. The fourth-order valence-electron chi connectivity index (χ4n) is 2.22. The minimum atomic E-state index is 0.937. The van der Waals surface area contributed by atoms with Crippen LogP contribution in [-0.2, 0) is 0 Å². The number of hydrogen-bond acceptors (Lipinski definition) is 2. The van der Waals surface area contributed by atoms with Crippen molar-refractivity contribution < 1.29 is 0 Å². The minimum Gasteiger partial charge on any atom is -0.357 e. The van der Waals surface area contributed by atoms with Gasteiger partial charge in [-0.1, -0.05) is 19.4 Å². The zero-order valence-corrected chi connectivity index (χ0v) is 9.74. The summed E-state index contributed by atoms with van der Waals surface area (Å²) in [7, 11) is 0. The Labute approximate surface area is 92.3 Å². The number of anilines is 1. The van der Waals surface area contributed by atoms with Crippen molar-refractivity contribution in [2.75, 3.05) is 18.0 Å². The Hall–Kier alpha value is -1.05. The van der Waals surface area contributed by atoms with Gasteiger partial charge in [0.15, 0.2) is 0 Å². The van der Waals surface area contributed by atoms with Crippen molar-refractivity contribution >= 4 is 5.82 Å². The normalized spacial score (nSPS) is 18.1. The average Bonchev–Trinajstić information content (AvgIpc) is 2.30. The van der Waals surface area contributed by atoms with Gasteiger partial charge in [0.25, 0.3) is 0 Å². The van der Waals surface area contributed by atoms with E-state index in [-0.39, 0.29) is 0 Å². The van der Waals surface area contributed by atoms with Crippen LogP contribution in [0.25, 0.3) is 0 Å². The molecule has 0 amide bonds. The van der Waals surface area contributed by atoms with Crippen LogP contribution < -0.4 is 4.90 Å². The molecule has 0 N–H and O–H groups in total. The van der Waals surface area contributed by atoms with Crippen molar-refractivity contribution in [3.63, 3.8) is 0 Å². The molecule has 2 nitrogen and oxygen atoms in total. The highest BCUT2D eigenvalue weighted by molar-refractivity contribution is 5.39. The van der Waals surface area contributed by atoms with E-state index in [0.717, 1.165) is 11.7 Å². The Morgan fingerprint density at radius 1 is 1.33 bits per heavy atom. The number of nitrogens with zero attached hydrogens (tertiary/aromatic N) is 2. The van der Waals surface area contributed by atoms with E-state index in [1.807, 2.05) is 6.20 Å². The maximum atomic E-state index is 4.48. The number of piperidine rings is 1. The topological polar surface area (TPSA) is 16.1 Å². The van der Waals surface area contributed by atoms with Crippen molar-refractivity contribution in [2.24, 2.45) is 5.92 Å². The molecule has 0 aromatic carbocycles. The van der Waals surface area contributed by atoms with Gasteiger partial charge >= 0.3 is 0 Å². The van der Waals surface area contributed by atoms with Gasteiger partial charge in [-0.3, -0.25) is 0 Å². The lowest BCUT2D eigenvalue weighted by Crippen LogP contribution is -2.33. The molecule has 1 aromatic heterocycles. The van der Waals surface area contributed by atoms with Crippen LogP contribution in [0.15, 0.2) is 18.3 Å². The highest BCUT2D eigenvalue weighted by Gasteiger charge is 2.18. The summed E-state index contributed by atoms with van der Waals surface area (Å²) >= 11 is 0. The van der Waals surface area contributed by atoms with Crippen molar-refractivity contribution in [1.82, 2.24) is 4.98 Å². The van der Waals surface area contributed by atoms with Crippen LogP contribution in [0.2, 0.25) is 0 Å². The lowest BCUT2D eigenvalue weighted by atomic mass is 9.94. The van der Waals surface area contributed by atoms with Gasteiger partial charge in [0.1, 0.15) is 5.82 Å². The highest BCUT2D eigenvalue weighted by atomic mass is 15.2. The molecule has 2 heteroatoms. The first-order chi connectivity index (χ1) is 7.29. The average molecular weight is 204 g/mol. The molecule has 82 valence electrons. The van der Waals surface area contributed by atoms with Gasteiger partial charge in [0.05, 0.1) is 0 Å². The van der Waals surface area contributed by atoms with E-state index in [1.165, 1.54) is 37.9 Å². The van der Waals surface area contributed by atoms with Gasteiger partial charge in [-0.15, -0.1) is 0 Å². The molecule has 2 heterocycles. The van der Waals surface area contributed by atoms with Crippen molar-refractivity contribution in [1.29, 1.82) is 0 Å². The molecule has 1 aromatic rings. The van der Waals surface area contributed by atoms with Gasteiger partial charge in [0, 0.05) is 19.3 Å². The molecule has 0 spiro atoms. The first kappa shape index (κ1) is 10.5. The van der Waals surface area contributed by atoms with Crippen molar-refractivity contribution in [2.45, 2.75) is 33.1 Å². The Morgan fingerprint density at radius 2 is 2.07 bits per heavy atom. The third kappa shape index (κ3) is 2.49. The van der Waals surface area contributed by atoms with Gasteiger partial charge in [-0.25, -0.2) is 4.98 Å². The number of hydrogen-bond donors (Lipinski definition) is 0. The van der Waals surface area contributed by atoms with Crippen LogP contribution in [0.5, 0.6) is 0 Å². The fourth-order valence-corrected chi connectivity index (χ4v) is 2.22. The minimum absolute atomic E-state index is 0.937. The zero-order chi connectivity index (χ0) is 10.7. The molecule has 0 unspecified atom stereocenters. The summed E-state index contributed by atoms with van der Waals surface area (Å²) in [6.07, 6.45) is 5.94. The summed E-state index contributed by atoms with van der Waals surface area (Å²) < 4.78 is 0. The van der Waals surface area contributed by atoms with Crippen LogP contribution in [0.1, 0.15) is 31.7 Å². The molecule has 0 atom stereocenters. The number of pyridine rings is 1. The predicted octanol–water partition coefficient (Wildman–Crippen LogP) is 3.02. The quantitative estimate of drug-likeness (QED) is 0.736. The van der Waals surface area contributed by atoms with Gasteiger partial charge in [-0.2, -0.15) is 0 Å². The van der Waals surface area contributed by atoms with Gasteiger partial charge in [0.2, 0.25) is 0 Å². The van der Waals surface area contributed by atoms with Crippen LogP contribution in [0.3, 0.4) is 0 Å². The van der Waals surface area contributed by atoms with Crippen molar-refractivity contribution in [3.05, 3.63) is 23.9 Å². The molecule has 1 fully saturated rings. The summed E-state index contributed by atoms with van der Waals surface area (Å²) in [4.78, 5) is 6.89. The summed E-state index contributed by atoms with van der Waals surface area (Å²) in [6.45, 7) is 6.73. The van der Waals surface area contributed by atoms with E-state index >= 15 is 0 Å². The van der Waals surface area contributed by atoms with Crippen LogP contribution in [-0.4, -0.2) is 18.1 Å². The summed E-state index contributed by atoms with van der Waals surface area (Å²) in [6, 6.07) is 4.29. The molecule has 1 saturated heterocycles. The van der Waals surface area contributed by atoms with E-state index in [4.69, 9.17) is 0 Å². The molecular weight excluding hydrogens is 184 g/mol. The SMILES string of the molecule is CCC1CCN(c2ccc(C)cn2)CC1. The summed E-state index contributed by atoms with van der Waals surface area (Å²) in [5.74, 6) is 2.09. The van der Waals surface area contributed by atoms with E-state index in [9.17, 15) is 0 Å². The lowest BCUT2D eigenvalue weighted by Gasteiger charge is -2.32. The van der Waals surface area contributed by atoms with Crippen LogP contribution in [0, 0.1) is 12.8 Å². The predicted molar refractivity (Wildman–Crippen MR) is 64.2 cm³/mol. The molecule has 0 bridgehead atoms. The Bertz CT molecular complexity index is 297. The highest BCUT2D eigenvalue weighted by Crippen LogP contribution is 2.23. The number of aromatic nitrogens is 1. The van der Waals surface area contributed by atoms with Crippen LogP contribution in [0.4, 0.5) is 5.82 Å². The smallest absolute Gasteiger partial charge is 0.128 e. The third-order valence-corrected chi connectivity index (χ3v) is 3.41. The van der Waals surface area contributed by atoms with Crippen LogP contribution >= 0.6 is 0 Å². The van der Waals surface area contributed by atoms with Crippen molar-refractivity contribution in [3.8, 4) is 0 Å². The Kier molecular flexibility index (Phi) is 3.24. The fraction of sp³-hybridized carbons (Fsp3) is 0.615. The Balaban J connectivity index is 1.98.